The SMILES string of the molecule is C/C(=C/CCBr)c1ccc2ncccc2c1. The van der Waals surface area contributed by atoms with Crippen molar-refractivity contribution in [1.82, 2.24) is 4.98 Å². The van der Waals surface area contributed by atoms with Crippen LogP contribution in [0.15, 0.2) is 42.6 Å². The van der Waals surface area contributed by atoms with Crippen molar-refractivity contribution in [3.63, 3.8) is 0 Å². The number of alkyl halides is 1. The normalized spacial score (nSPS) is 12.0. The van der Waals surface area contributed by atoms with Crippen molar-refractivity contribution in [2.45, 2.75) is 13.3 Å². The fraction of sp³-hybridized carbons (Fsp3) is 0.214. The molecule has 82 valence electrons. The lowest BCUT2D eigenvalue weighted by molar-refractivity contribution is 1.26. The average molecular weight is 276 g/mol. The maximum Gasteiger partial charge on any atom is 0.0702 e. The zero-order chi connectivity index (χ0) is 11.4. The molecular weight excluding hydrogens is 262 g/mol. The van der Waals surface area contributed by atoms with Crippen LogP contribution in [0, 0.1) is 0 Å². The standard InChI is InChI=1S/C14H14BrN/c1-11(4-2-8-15)12-6-7-14-13(10-12)5-3-9-16-14/h3-7,9-10H,2,8H2,1H3/b11-4-. The molecule has 1 nitrogen and oxygen atoms in total. The van der Waals surface area contributed by atoms with Crippen LogP contribution in [0.5, 0.6) is 0 Å². The molecule has 0 amide bonds. The Labute approximate surface area is 104 Å². The highest BCUT2D eigenvalue weighted by Gasteiger charge is 1.98. The second kappa shape index (κ2) is 5.26. The predicted molar refractivity (Wildman–Crippen MR) is 73.8 cm³/mol. The Morgan fingerprint density at radius 3 is 3.06 bits per heavy atom. The summed E-state index contributed by atoms with van der Waals surface area (Å²) < 4.78 is 0. The van der Waals surface area contributed by atoms with Gasteiger partial charge >= 0.3 is 0 Å². The fourth-order valence-corrected chi connectivity index (χ4v) is 1.94. The van der Waals surface area contributed by atoms with Gasteiger partial charge in [0.25, 0.3) is 0 Å². The first-order chi connectivity index (χ1) is 7.81. The molecule has 0 atom stereocenters. The van der Waals surface area contributed by atoms with Crippen molar-refractivity contribution in [3.8, 4) is 0 Å². The third-order valence-electron chi connectivity index (χ3n) is 2.62. The largest absolute Gasteiger partial charge is 0.256 e. The zero-order valence-electron chi connectivity index (χ0n) is 9.28. The molecule has 0 aliphatic rings. The van der Waals surface area contributed by atoms with E-state index in [9.17, 15) is 0 Å². The highest BCUT2D eigenvalue weighted by atomic mass is 79.9. The first-order valence-electron chi connectivity index (χ1n) is 5.39. The van der Waals surface area contributed by atoms with Gasteiger partial charge in [-0.25, -0.2) is 0 Å². The summed E-state index contributed by atoms with van der Waals surface area (Å²) in [5.41, 5.74) is 3.66. The molecule has 0 spiro atoms. The highest BCUT2D eigenvalue weighted by molar-refractivity contribution is 9.09. The van der Waals surface area contributed by atoms with E-state index in [2.05, 4.69) is 58.2 Å². The monoisotopic (exact) mass is 275 g/mol. The van der Waals surface area contributed by atoms with Gasteiger partial charge in [-0.3, -0.25) is 4.98 Å². The Bertz CT molecular complexity index is 517. The van der Waals surface area contributed by atoms with E-state index in [-0.39, 0.29) is 0 Å². The summed E-state index contributed by atoms with van der Waals surface area (Å²) in [5, 5.41) is 2.21. The summed E-state index contributed by atoms with van der Waals surface area (Å²) in [6.45, 7) is 2.15. The van der Waals surface area contributed by atoms with Crippen LogP contribution in [0.3, 0.4) is 0 Å². The first kappa shape index (κ1) is 11.3. The minimum absolute atomic E-state index is 1.01. The number of fused-ring (bicyclic) bond motifs is 1. The molecule has 1 heterocycles. The van der Waals surface area contributed by atoms with Gasteiger partial charge in [0.15, 0.2) is 0 Å². The van der Waals surface area contributed by atoms with Crippen LogP contribution in [-0.4, -0.2) is 10.3 Å². The molecule has 0 N–H and O–H groups in total. The van der Waals surface area contributed by atoms with Gasteiger partial charge in [-0.1, -0.05) is 34.1 Å². The lowest BCUT2D eigenvalue weighted by atomic mass is 10.0. The Kier molecular flexibility index (Phi) is 3.73. The predicted octanol–water partition coefficient (Wildman–Crippen LogP) is 4.42. The first-order valence-corrected chi connectivity index (χ1v) is 6.51. The molecule has 2 heteroatoms. The number of rotatable bonds is 3. The molecule has 0 aliphatic heterocycles. The lowest BCUT2D eigenvalue weighted by Crippen LogP contribution is -1.83. The second-order valence-corrected chi connectivity index (χ2v) is 4.57. The van der Waals surface area contributed by atoms with Gasteiger partial charge in [-0.15, -0.1) is 0 Å². The molecule has 0 unspecified atom stereocenters. The van der Waals surface area contributed by atoms with Crippen LogP contribution >= 0.6 is 15.9 Å². The van der Waals surface area contributed by atoms with Gasteiger partial charge in [0.05, 0.1) is 5.52 Å². The van der Waals surface area contributed by atoms with Crippen LogP contribution in [0.4, 0.5) is 0 Å². The molecule has 2 aromatic rings. The van der Waals surface area contributed by atoms with Crippen LogP contribution in [-0.2, 0) is 0 Å². The van der Waals surface area contributed by atoms with E-state index >= 15 is 0 Å². The van der Waals surface area contributed by atoms with Gasteiger partial charge < -0.3 is 0 Å². The number of nitrogens with zero attached hydrogens (tertiary/aromatic N) is 1. The quantitative estimate of drug-likeness (QED) is 0.756. The van der Waals surface area contributed by atoms with Crippen LogP contribution in [0.25, 0.3) is 16.5 Å². The summed E-state index contributed by atoms with van der Waals surface area (Å²) in [6, 6.07) is 10.5. The molecule has 0 radical (unpaired) electrons. The summed E-state index contributed by atoms with van der Waals surface area (Å²) in [4.78, 5) is 4.32. The van der Waals surface area contributed by atoms with E-state index in [0.29, 0.717) is 0 Å². The van der Waals surface area contributed by atoms with Crippen LogP contribution in [0.2, 0.25) is 0 Å². The van der Waals surface area contributed by atoms with E-state index in [1.54, 1.807) is 0 Å². The van der Waals surface area contributed by atoms with Crippen molar-refractivity contribution in [2.75, 3.05) is 5.33 Å². The van der Waals surface area contributed by atoms with E-state index in [4.69, 9.17) is 0 Å². The number of hydrogen-bond acceptors (Lipinski definition) is 1. The van der Waals surface area contributed by atoms with Crippen molar-refractivity contribution in [3.05, 3.63) is 48.2 Å². The summed E-state index contributed by atoms with van der Waals surface area (Å²) >= 11 is 3.44. The van der Waals surface area contributed by atoms with Crippen molar-refractivity contribution in [2.24, 2.45) is 0 Å². The number of benzene rings is 1. The maximum absolute atomic E-state index is 4.32. The number of hydrogen-bond donors (Lipinski definition) is 0. The third kappa shape index (κ3) is 2.50. The van der Waals surface area contributed by atoms with Crippen LogP contribution in [0.1, 0.15) is 18.9 Å². The highest BCUT2D eigenvalue weighted by Crippen LogP contribution is 2.20. The van der Waals surface area contributed by atoms with Crippen LogP contribution < -0.4 is 0 Å². The van der Waals surface area contributed by atoms with Gasteiger partial charge in [0.2, 0.25) is 0 Å². The molecule has 0 bridgehead atoms. The molecule has 0 saturated carbocycles. The molecular formula is C14H14BrN. The van der Waals surface area contributed by atoms with Gasteiger partial charge in [0.1, 0.15) is 0 Å². The van der Waals surface area contributed by atoms with Gasteiger partial charge in [-0.05, 0) is 42.7 Å². The molecule has 1 aromatic heterocycles. The number of aromatic nitrogens is 1. The lowest BCUT2D eigenvalue weighted by Gasteiger charge is -2.03. The van der Waals surface area contributed by atoms with E-state index in [1.165, 1.54) is 16.5 Å². The van der Waals surface area contributed by atoms with Gasteiger partial charge in [0, 0.05) is 16.9 Å². The smallest absolute Gasteiger partial charge is 0.0702 e. The fourth-order valence-electron chi connectivity index (χ4n) is 1.71. The van der Waals surface area contributed by atoms with E-state index in [1.807, 2.05) is 12.3 Å². The topological polar surface area (TPSA) is 12.9 Å². The molecule has 16 heavy (non-hydrogen) atoms. The number of pyridine rings is 1. The second-order valence-electron chi connectivity index (χ2n) is 3.78. The minimum atomic E-state index is 1.01. The zero-order valence-corrected chi connectivity index (χ0v) is 10.9. The number of allylic oxidation sites excluding steroid dienone is 2. The van der Waals surface area contributed by atoms with Gasteiger partial charge in [-0.2, -0.15) is 0 Å². The molecule has 0 saturated heterocycles. The average Bonchev–Trinajstić information content (AvgIpc) is 2.35. The maximum atomic E-state index is 4.32. The summed E-state index contributed by atoms with van der Waals surface area (Å²) in [7, 11) is 0. The Balaban J connectivity index is 2.39. The van der Waals surface area contributed by atoms with E-state index < -0.39 is 0 Å². The molecule has 0 aliphatic carbocycles. The molecule has 2 rings (SSSR count). The van der Waals surface area contributed by atoms with E-state index in [0.717, 1.165) is 17.3 Å². The summed E-state index contributed by atoms with van der Waals surface area (Å²) in [6.07, 6.45) is 5.15. The Hall–Kier alpha value is -1.15. The molecule has 0 fully saturated rings. The molecule has 1 aromatic carbocycles. The Morgan fingerprint density at radius 2 is 2.25 bits per heavy atom. The van der Waals surface area contributed by atoms with Crippen molar-refractivity contribution in [1.29, 1.82) is 0 Å². The number of halogens is 1. The third-order valence-corrected chi connectivity index (χ3v) is 3.08. The van der Waals surface area contributed by atoms with Crippen molar-refractivity contribution >= 4 is 32.4 Å². The minimum Gasteiger partial charge on any atom is -0.256 e. The van der Waals surface area contributed by atoms with Crippen molar-refractivity contribution < 1.29 is 0 Å². The Morgan fingerprint density at radius 1 is 1.38 bits per heavy atom. The summed E-state index contributed by atoms with van der Waals surface area (Å²) in [5.74, 6) is 0.